The van der Waals surface area contributed by atoms with E-state index in [0.29, 0.717) is 12.1 Å². The minimum atomic E-state index is 0.675. The minimum Gasteiger partial charge on any atom is -0.316 e. The van der Waals surface area contributed by atoms with Gasteiger partial charge in [-0.3, -0.25) is 0 Å². The number of hydrogen-bond donors (Lipinski definition) is 1. The number of rotatable bonds is 9. The molecule has 104 valence electrons. The fraction of sp³-hybridized carbons (Fsp3) is 1.00. The molecular weight excluding hydrogens is 208 g/mol. The van der Waals surface area contributed by atoms with Crippen LogP contribution < -0.4 is 5.32 Å². The molecule has 2 atom stereocenters. The highest BCUT2D eigenvalue weighted by Crippen LogP contribution is 2.14. The van der Waals surface area contributed by atoms with E-state index in [1.807, 2.05) is 0 Å². The molecule has 0 saturated heterocycles. The molecule has 0 rings (SSSR count). The normalized spacial score (nSPS) is 15.9. The summed E-state index contributed by atoms with van der Waals surface area (Å²) in [7, 11) is 2.26. The summed E-state index contributed by atoms with van der Waals surface area (Å²) in [4.78, 5) is 2.52. The van der Waals surface area contributed by atoms with E-state index in [2.05, 4.69) is 58.8 Å². The van der Waals surface area contributed by atoms with Gasteiger partial charge in [0.2, 0.25) is 0 Å². The predicted molar refractivity (Wildman–Crippen MR) is 78.5 cm³/mol. The molecule has 0 amide bonds. The van der Waals surface area contributed by atoms with E-state index < -0.39 is 0 Å². The Morgan fingerprint density at radius 2 is 1.59 bits per heavy atom. The molecule has 0 heterocycles. The lowest BCUT2D eigenvalue weighted by atomic mass is 10.0. The van der Waals surface area contributed by atoms with Crippen LogP contribution in [0.5, 0.6) is 0 Å². The van der Waals surface area contributed by atoms with E-state index in [0.717, 1.165) is 24.9 Å². The molecule has 0 aromatic carbocycles. The van der Waals surface area contributed by atoms with E-state index >= 15 is 0 Å². The molecule has 0 aliphatic carbocycles. The number of nitrogens with zero attached hydrogens (tertiary/aromatic N) is 1. The summed E-state index contributed by atoms with van der Waals surface area (Å²) in [6.45, 7) is 16.1. The van der Waals surface area contributed by atoms with Gasteiger partial charge in [0, 0.05) is 12.1 Å². The van der Waals surface area contributed by atoms with Crippen molar-refractivity contribution in [3.8, 4) is 0 Å². The highest BCUT2D eigenvalue weighted by molar-refractivity contribution is 4.72. The summed E-state index contributed by atoms with van der Waals surface area (Å²) >= 11 is 0. The largest absolute Gasteiger partial charge is 0.316 e. The molecule has 0 saturated carbocycles. The van der Waals surface area contributed by atoms with Gasteiger partial charge in [-0.05, 0) is 58.7 Å². The van der Waals surface area contributed by atoms with E-state index in [4.69, 9.17) is 0 Å². The van der Waals surface area contributed by atoms with E-state index in [1.54, 1.807) is 0 Å². The summed E-state index contributed by atoms with van der Waals surface area (Å²) in [6.07, 6.45) is 2.57. The molecule has 0 bridgehead atoms. The van der Waals surface area contributed by atoms with Crippen molar-refractivity contribution in [3.63, 3.8) is 0 Å². The summed E-state index contributed by atoms with van der Waals surface area (Å²) in [5.41, 5.74) is 0. The van der Waals surface area contributed by atoms with E-state index in [9.17, 15) is 0 Å². The maximum absolute atomic E-state index is 3.51. The first-order chi connectivity index (χ1) is 7.86. The van der Waals surface area contributed by atoms with Crippen molar-refractivity contribution in [2.45, 2.75) is 66.5 Å². The lowest BCUT2D eigenvalue weighted by Crippen LogP contribution is -2.40. The van der Waals surface area contributed by atoms with Crippen LogP contribution in [0.2, 0.25) is 0 Å². The lowest BCUT2D eigenvalue weighted by molar-refractivity contribution is 0.149. The Morgan fingerprint density at radius 3 is 2.06 bits per heavy atom. The molecule has 0 aliphatic heterocycles. The third-order valence-corrected chi connectivity index (χ3v) is 3.83. The van der Waals surface area contributed by atoms with Gasteiger partial charge in [-0.1, -0.05) is 27.7 Å². The maximum Gasteiger partial charge on any atom is 0.00896 e. The molecule has 0 aromatic heterocycles. The standard InChI is InChI=1S/C15H34N2/c1-12(2)11-16-10-8-9-14(5)17(7)15(6)13(3)4/h12-16H,8-11H2,1-7H3. The van der Waals surface area contributed by atoms with Crippen molar-refractivity contribution in [1.29, 1.82) is 0 Å². The third-order valence-electron chi connectivity index (χ3n) is 3.83. The molecule has 0 aromatic rings. The Bertz CT molecular complexity index is 178. The monoisotopic (exact) mass is 242 g/mol. The number of nitrogens with one attached hydrogen (secondary N) is 1. The number of hydrogen-bond acceptors (Lipinski definition) is 2. The Morgan fingerprint density at radius 1 is 1.00 bits per heavy atom. The quantitative estimate of drug-likeness (QED) is 0.624. The molecule has 0 fully saturated rings. The second kappa shape index (κ2) is 8.93. The van der Waals surface area contributed by atoms with Gasteiger partial charge in [0.1, 0.15) is 0 Å². The van der Waals surface area contributed by atoms with Gasteiger partial charge < -0.3 is 10.2 Å². The summed E-state index contributed by atoms with van der Waals surface area (Å²) in [6, 6.07) is 1.36. The first kappa shape index (κ1) is 16.9. The summed E-state index contributed by atoms with van der Waals surface area (Å²) in [5.74, 6) is 1.50. The minimum absolute atomic E-state index is 0.675. The smallest absolute Gasteiger partial charge is 0.00896 e. The average molecular weight is 242 g/mol. The highest BCUT2D eigenvalue weighted by Gasteiger charge is 2.17. The second-order valence-electron chi connectivity index (χ2n) is 6.24. The van der Waals surface area contributed by atoms with Crippen LogP contribution in [-0.4, -0.2) is 37.1 Å². The fourth-order valence-electron chi connectivity index (χ4n) is 1.99. The topological polar surface area (TPSA) is 15.3 Å². The van der Waals surface area contributed by atoms with Gasteiger partial charge in [0.05, 0.1) is 0 Å². The lowest BCUT2D eigenvalue weighted by Gasteiger charge is -2.33. The molecule has 17 heavy (non-hydrogen) atoms. The first-order valence-corrected chi connectivity index (χ1v) is 7.28. The maximum atomic E-state index is 3.51. The van der Waals surface area contributed by atoms with Crippen LogP contribution in [0, 0.1) is 11.8 Å². The van der Waals surface area contributed by atoms with Crippen LogP contribution in [0.25, 0.3) is 0 Å². The first-order valence-electron chi connectivity index (χ1n) is 7.28. The van der Waals surface area contributed by atoms with Gasteiger partial charge in [0.15, 0.2) is 0 Å². The molecule has 2 unspecified atom stereocenters. The van der Waals surface area contributed by atoms with Crippen LogP contribution in [0.1, 0.15) is 54.4 Å². The van der Waals surface area contributed by atoms with Gasteiger partial charge in [0.25, 0.3) is 0 Å². The zero-order chi connectivity index (χ0) is 13.4. The van der Waals surface area contributed by atoms with Crippen LogP contribution in [0.3, 0.4) is 0 Å². The van der Waals surface area contributed by atoms with Crippen molar-refractivity contribution < 1.29 is 0 Å². The molecular formula is C15H34N2. The summed E-state index contributed by atoms with van der Waals surface area (Å²) in [5, 5.41) is 3.51. The van der Waals surface area contributed by atoms with Crippen molar-refractivity contribution in [1.82, 2.24) is 10.2 Å². The van der Waals surface area contributed by atoms with Gasteiger partial charge in [-0.2, -0.15) is 0 Å². The molecule has 2 heteroatoms. The van der Waals surface area contributed by atoms with Crippen molar-refractivity contribution >= 4 is 0 Å². The van der Waals surface area contributed by atoms with Gasteiger partial charge >= 0.3 is 0 Å². The van der Waals surface area contributed by atoms with Crippen LogP contribution >= 0.6 is 0 Å². The van der Waals surface area contributed by atoms with E-state index in [-0.39, 0.29) is 0 Å². The van der Waals surface area contributed by atoms with Gasteiger partial charge in [-0.15, -0.1) is 0 Å². The predicted octanol–water partition coefficient (Wildman–Crippen LogP) is 3.38. The Balaban J connectivity index is 3.67. The zero-order valence-corrected chi connectivity index (χ0v) is 13.1. The van der Waals surface area contributed by atoms with Crippen molar-refractivity contribution in [2.24, 2.45) is 11.8 Å². The zero-order valence-electron chi connectivity index (χ0n) is 13.1. The fourth-order valence-corrected chi connectivity index (χ4v) is 1.99. The van der Waals surface area contributed by atoms with Crippen molar-refractivity contribution in [2.75, 3.05) is 20.1 Å². The average Bonchev–Trinajstić information content (AvgIpc) is 2.25. The molecule has 0 aliphatic rings. The highest BCUT2D eigenvalue weighted by atomic mass is 15.2. The van der Waals surface area contributed by atoms with Crippen LogP contribution in [-0.2, 0) is 0 Å². The second-order valence-corrected chi connectivity index (χ2v) is 6.24. The molecule has 1 N–H and O–H groups in total. The summed E-state index contributed by atoms with van der Waals surface area (Å²) < 4.78 is 0. The SMILES string of the molecule is CC(C)CNCCCC(C)N(C)C(C)C(C)C. The van der Waals surface area contributed by atoms with Crippen LogP contribution in [0.15, 0.2) is 0 Å². The van der Waals surface area contributed by atoms with Crippen LogP contribution in [0.4, 0.5) is 0 Å². The van der Waals surface area contributed by atoms with Gasteiger partial charge in [-0.25, -0.2) is 0 Å². The molecule has 0 spiro atoms. The third kappa shape index (κ3) is 7.77. The molecule has 0 radical (unpaired) electrons. The van der Waals surface area contributed by atoms with E-state index in [1.165, 1.54) is 12.8 Å². The van der Waals surface area contributed by atoms with Crippen molar-refractivity contribution in [3.05, 3.63) is 0 Å². The Labute approximate surface area is 109 Å². The Kier molecular flexibility index (Phi) is 8.89. The Hall–Kier alpha value is -0.0800. The molecule has 2 nitrogen and oxygen atoms in total.